The second-order valence-corrected chi connectivity index (χ2v) is 8.89. The summed E-state index contributed by atoms with van der Waals surface area (Å²) in [6.07, 6.45) is 7.20. The van der Waals surface area contributed by atoms with Gasteiger partial charge in [0.15, 0.2) is 5.65 Å². The van der Waals surface area contributed by atoms with Crippen LogP contribution in [0.15, 0.2) is 18.5 Å². The number of carboxylic acid groups (broad SMARTS) is 1. The molecule has 0 radical (unpaired) electrons. The Morgan fingerprint density at radius 1 is 1.21 bits per heavy atom. The van der Waals surface area contributed by atoms with Crippen molar-refractivity contribution < 1.29 is 24.3 Å². The number of fused-ring (bicyclic) bond motifs is 1. The van der Waals surface area contributed by atoms with Gasteiger partial charge >= 0.3 is 5.97 Å². The van der Waals surface area contributed by atoms with Crippen LogP contribution in [-0.4, -0.2) is 49.3 Å². The lowest BCUT2D eigenvalue weighted by Crippen LogP contribution is -2.38. The number of pyridine rings is 1. The Hall–Kier alpha value is -3.67. The third-order valence-corrected chi connectivity index (χ3v) is 6.40. The van der Waals surface area contributed by atoms with Gasteiger partial charge in [0, 0.05) is 24.3 Å². The number of anilines is 1. The molecule has 1 saturated carbocycles. The number of hydroxylamine groups is 1. The lowest BCUT2D eigenvalue weighted by molar-refractivity contribution is -0.142. The lowest BCUT2D eigenvalue weighted by Gasteiger charge is -2.28. The molecule has 3 heterocycles. The molecule has 0 atom stereocenters. The van der Waals surface area contributed by atoms with Gasteiger partial charge in [0.2, 0.25) is 11.8 Å². The van der Waals surface area contributed by atoms with Crippen molar-refractivity contribution >= 4 is 40.2 Å². The van der Waals surface area contributed by atoms with Gasteiger partial charge in [-0.2, -0.15) is 5.10 Å². The number of carbonyl (C=O) groups excluding carboxylic acids is 2. The number of aryl methyl sites for hydroxylation is 1. The summed E-state index contributed by atoms with van der Waals surface area (Å²) >= 11 is 0. The van der Waals surface area contributed by atoms with Gasteiger partial charge in [0.05, 0.1) is 41.7 Å². The number of rotatable bonds is 9. The van der Waals surface area contributed by atoms with Gasteiger partial charge in [-0.15, -0.1) is 0 Å². The van der Waals surface area contributed by atoms with Gasteiger partial charge in [-0.1, -0.05) is 0 Å². The summed E-state index contributed by atoms with van der Waals surface area (Å²) in [5, 5.41) is 18.1. The van der Waals surface area contributed by atoms with Crippen LogP contribution in [0.3, 0.4) is 0 Å². The summed E-state index contributed by atoms with van der Waals surface area (Å²) in [5.74, 6) is -2.35. The fraction of sp³-hybridized carbons (Fsp3) is 0.500. The number of amides is 2. The van der Waals surface area contributed by atoms with Crippen LogP contribution in [0.2, 0.25) is 0 Å². The van der Waals surface area contributed by atoms with Crippen LogP contribution in [0, 0.1) is 5.92 Å². The van der Waals surface area contributed by atoms with E-state index in [1.165, 1.54) is 0 Å². The van der Waals surface area contributed by atoms with Crippen LogP contribution >= 0.6 is 0 Å². The molecular formula is C22H29N7O5. The molecule has 12 nitrogen and oxygen atoms in total. The van der Waals surface area contributed by atoms with E-state index in [2.05, 4.69) is 20.9 Å². The number of aromatic nitrogens is 3. The molecule has 1 aliphatic heterocycles. The lowest BCUT2D eigenvalue weighted by atomic mass is 9.86. The number of hydrogen-bond donors (Lipinski definition) is 5. The fourth-order valence-electron chi connectivity index (χ4n) is 4.74. The summed E-state index contributed by atoms with van der Waals surface area (Å²) in [5.41, 5.74) is 14.9. The van der Waals surface area contributed by atoms with Crippen LogP contribution in [0.4, 0.5) is 5.69 Å². The number of carbonyl (C=O) groups is 3. The highest BCUT2D eigenvalue weighted by atomic mass is 16.7. The SMILES string of the molecule is CCn1ncc2c(NC3CCC(C(=O)O)CC3)c(C3=CC(CC(N)=O)(CC(N)=O)ON3)cnc21. The minimum Gasteiger partial charge on any atom is -0.481 e. The predicted molar refractivity (Wildman–Crippen MR) is 123 cm³/mol. The van der Waals surface area contributed by atoms with Gasteiger partial charge in [-0.25, -0.2) is 9.67 Å². The number of aliphatic carboxylic acids is 1. The van der Waals surface area contributed by atoms with Crippen molar-refractivity contribution in [1.82, 2.24) is 20.2 Å². The summed E-state index contributed by atoms with van der Waals surface area (Å²) in [4.78, 5) is 44.9. The minimum atomic E-state index is -1.30. The molecule has 12 heteroatoms. The Balaban J connectivity index is 1.72. The van der Waals surface area contributed by atoms with E-state index in [-0.39, 0.29) is 24.8 Å². The number of primary amides is 2. The molecule has 0 unspecified atom stereocenters. The second kappa shape index (κ2) is 9.29. The highest BCUT2D eigenvalue weighted by Crippen LogP contribution is 2.38. The second-order valence-electron chi connectivity index (χ2n) is 8.89. The van der Waals surface area contributed by atoms with Crippen LogP contribution in [0.1, 0.15) is 51.0 Å². The predicted octanol–water partition coefficient (Wildman–Crippen LogP) is 0.872. The Kier molecular flexibility index (Phi) is 6.42. The van der Waals surface area contributed by atoms with Crippen LogP contribution < -0.4 is 22.3 Å². The van der Waals surface area contributed by atoms with E-state index in [9.17, 15) is 19.5 Å². The van der Waals surface area contributed by atoms with Crippen LogP contribution in [0.5, 0.6) is 0 Å². The summed E-state index contributed by atoms with van der Waals surface area (Å²) in [6.45, 7) is 2.61. The molecule has 0 saturated heterocycles. The molecule has 0 spiro atoms. The first-order valence-corrected chi connectivity index (χ1v) is 11.3. The first-order chi connectivity index (χ1) is 16.2. The molecule has 2 aromatic heterocycles. The third kappa shape index (κ3) is 4.67. The molecule has 0 aromatic carbocycles. The molecular weight excluding hydrogens is 442 g/mol. The number of hydrogen-bond acceptors (Lipinski definition) is 8. The summed E-state index contributed by atoms with van der Waals surface area (Å²) in [7, 11) is 0. The Labute approximate surface area is 195 Å². The molecule has 2 amide bonds. The van der Waals surface area contributed by atoms with Crippen molar-refractivity contribution in [2.75, 3.05) is 5.32 Å². The summed E-state index contributed by atoms with van der Waals surface area (Å²) in [6, 6.07) is 0.0637. The Morgan fingerprint density at radius 3 is 2.47 bits per heavy atom. The average Bonchev–Trinajstić information content (AvgIpc) is 3.37. The van der Waals surface area contributed by atoms with Crippen LogP contribution in [0.25, 0.3) is 16.7 Å². The van der Waals surface area contributed by atoms with Crippen molar-refractivity contribution in [3.05, 3.63) is 24.0 Å². The molecule has 7 N–H and O–H groups in total. The maximum Gasteiger partial charge on any atom is 0.306 e. The van der Waals surface area contributed by atoms with E-state index in [1.54, 1.807) is 23.2 Å². The number of nitrogens with zero attached hydrogens (tertiary/aromatic N) is 3. The largest absolute Gasteiger partial charge is 0.481 e. The van der Waals surface area contributed by atoms with E-state index in [4.69, 9.17) is 16.3 Å². The summed E-state index contributed by atoms with van der Waals surface area (Å²) < 4.78 is 1.78. The molecule has 0 bridgehead atoms. The maximum atomic E-state index is 11.7. The molecule has 2 aliphatic rings. The molecule has 182 valence electrons. The van der Waals surface area contributed by atoms with Crippen molar-refractivity contribution in [2.24, 2.45) is 17.4 Å². The molecule has 1 aliphatic carbocycles. The van der Waals surface area contributed by atoms with E-state index in [0.29, 0.717) is 49.1 Å². The van der Waals surface area contributed by atoms with Gasteiger partial charge < -0.3 is 21.9 Å². The van der Waals surface area contributed by atoms with E-state index in [0.717, 1.165) is 11.1 Å². The van der Waals surface area contributed by atoms with E-state index >= 15 is 0 Å². The zero-order valence-electron chi connectivity index (χ0n) is 18.9. The molecule has 2 aromatic rings. The van der Waals surface area contributed by atoms with Gasteiger partial charge in [-0.05, 0) is 38.7 Å². The van der Waals surface area contributed by atoms with Crippen molar-refractivity contribution in [1.29, 1.82) is 0 Å². The Morgan fingerprint density at radius 2 is 1.88 bits per heavy atom. The van der Waals surface area contributed by atoms with E-state index < -0.39 is 23.4 Å². The molecule has 34 heavy (non-hydrogen) atoms. The van der Waals surface area contributed by atoms with Gasteiger partial charge in [0.25, 0.3) is 0 Å². The molecule has 1 fully saturated rings. The monoisotopic (exact) mass is 471 g/mol. The fourth-order valence-corrected chi connectivity index (χ4v) is 4.74. The smallest absolute Gasteiger partial charge is 0.306 e. The normalized spacial score (nSPS) is 21.6. The van der Waals surface area contributed by atoms with Crippen molar-refractivity contribution in [2.45, 2.75) is 63.6 Å². The number of nitrogens with one attached hydrogen (secondary N) is 2. The first kappa shape index (κ1) is 23.5. The zero-order valence-corrected chi connectivity index (χ0v) is 18.9. The van der Waals surface area contributed by atoms with Gasteiger partial charge in [0.1, 0.15) is 5.60 Å². The zero-order chi connectivity index (χ0) is 24.5. The minimum absolute atomic E-state index is 0.0637. The molecule has 4 rings (SSSR count). The first-order valence-electron chi connectivity index (χ1n) is 11.3. The third-order valence-electron chi connectivity index (χ3n) is 6.40. The Bertz CT molecular complexity index is 1130. The topological polar surface area (TPSA) is 187 Å². The highest BCUT2D eigenvalue weighted by molar-refractivity contribution is 5.96. The maximum absolute atomic E-state index is 11.7. The standard InChI is InChI=1S/C22H29N7O5/c1-2-29-20-15(11-26-29)19(27-13-5-3-12(4-6-13)21(32)33)14(10-25-20)16-7-22(34-28-16,8-17(23)30)9-18(24)31/h7,10-13,28H,2-6,8-9H2,1H3,(H2,23,30)(H2,24,31)(H,25,27)(H,32,33). The van der Waals surface area contributed by atoms with E-state index in [1.807, 2.05) is 6.92 Å². The van der Waals surface area contributed by atoms with Crippen LogP contribution in [-0.2, 0) is 25.8 Å². The quantitative estimate of drug-likeness (QED) is 0.353. The number of nitrogens with two attached hydrogens (primary N) is 2. The van der Waals surface area contributed by atoms with Gasteiger partial charge in [-0.3, -0.25) is 24.7 Å². The van der Waals surface area contributed by atoms with Crippen molar-refractivity contribution in [3.8, 4) is 0 Å². The van der Waals surface area contributed by atoms with Crippen molar-refractivity contribution in [3.63, 3.8) is 0 Å². The average molecular weight is 472 g/mol. The number of carboxylic acids is 1. The highest BCUT2D eigenvalue weighted by Gasteiger charge is 2.40.